The van der Waals surface area contributed by atoms with Crippen LogP contribution in [0.3, 0.4) is 0 Å². The van der Waals surface area contributed by atoms with Gasteiger partial charge in [-0.05, 0) is 36.8 Å². The fourth-order valence-electron chi connectivity index (χ4n) is 4.99. The van der Waals surface area contributed by atoms with Crippen LogP contribution in [0.5, 0.6) is 5.75 Å². The second kappa shape index (κ2) is 14.8. The summed E-state index contributed by atoms with van der Waals surface area (Å²) in [6.45, 7) is 2.69. The monoisotopic (exact) mass is 564 g/mol. The van der Waals surface area contributed by atoms with Gasteiger partial charge >= 0.3 is 0 Å². The zero-order chi connectivity index (χ0) is 27.8. The molecule has 0 saturated carbocycles. The molecule has 2 aromatic rings. The molecule has 0 aromatic heterocycles. The predicted octanol–water partition coefficient (Wildman–Crippen LogP) is 3.92. The number of methoxy groups -OCH3 is 5. The van der Waals surface area contributed by atoms with Gasteiger partial charge in [0.05, 0.1) is 26.4 Å². The Bertz CT molecular complexity index is 978. The number of rotatable bonds is 12. The second-order valence-corrected chi connectivity index (χ2v) is 10.6. The minimum absolute atomic E-state index is 0.297. The molecule has 2 saturated heterocycles. The summed E-state index contributed by atoms with van der Waals surface area (Å²) in [5.41, 5.74) is 0.717. The molecule has 10 heteroatoms. The van der Waals surface area contributed by atoms with Crippen molar-refractivity contribution in [2.24, 2.45) is 0 Å². The molecule has 39 heavy (non-hydrogen) atoms. The van der Waals surface area contributed by atoms with Gasteiger partial charge < -0.3 is 42.6 Å². The van der Waals surface area contributed by atoms with Crippen LogP contribution in [0.25, 0.3) is 0 Å². The molecule has 0 N–H and O–H groups in total. The molecule has 0 unspecified atom stereocenters. The summed E-state index contributed by atoms with van der Waals surface area (Å²) in [5, 5.41) is 0. The summed E-state index contributed by atoms with van der Waals surface area (Å²) >= 11 is 1.59. The second-order valence-electron chi connectivity index (χ2n) is 9.44. The van der Waals surface area contributed by atoms with Gasteiger partial charge in [-0.2, -0.15) is 0 Å². The maximum atomic E-state index is 6.61. The Kier molecular flexibility index (Phi) is 11.5. The smallest absolute Gasteiger partial charge is 0.187 e. The maximum Gasteiger partial charge on any atom is 0.187 e. The van der Waals surface area contributed by atoms with Crippen molar-refractivity contribution in [1.82, 2.24) is 0 Å². The van der Waals surface area contributed by atoms with Crippen LogP contribution in [0.2, 0.25) is 0 Å². The normalized spacial score (nSPS) is 33.1. The molecule has 216 valence electrons. The van der Waals surface area contributed by atoms with E-state index in [0.29, 0.717) is 13.2 Å². The average Bonchev–Trinajstić information content (AvgIpc) is 2.97. The molecule has 2 heterocycles. The van der Waals surface area contributed by atoms with E-state index in [1.54, 1.807) is 47.3 Å². The Morgan fingerprint density at radius 1 is 0.769 bits per heavy atom. The summed E-state index contributed by atoms with van der Waals surface area (Å²) in [4.78, 5) is 1.08. The van der Waals surface area contributed by atoms with Crippen LogP contribution in [0.1, 0.15) is 12.5 Å². The summed E-state index contributed by atoms with van der Waals surface area (Å²) in [6, 6.07) is 17.8. The molecule has 0 spiro atoms. The van der Waals surface area contributed by atoms with Crippen LogP contribution in [0.4, 0.5) is 0 Å². The molecule has 0 amide bonds. The van der Waals surface area contributed by atoms with Crippen molar-refractivity contribution in [3.8, 4) is 5.75 Å². The van der Waals surface area contributed by atoms with E-state index in [1.807, 2.05) is 61.5 Å². The highest BCUT2D eigenvalue weighted by Gasteiger charge is 2.50. The van der Waals surface area contributed by atoms with Crippen LogP contribution in [-0.2, 0) is 44.5 Å². The van der Waals surface area contributed by atoms with Gasteiger partial charge in [-0.25, -0.2) is 0 Å². The Labute approximate surface area is 235 Å². The highest BCUT2D eigenvalue weighted by atomic mass is 32.2. The third-order valence-electron chi connectivity index (χ3n) is 7.12. The standard InChI is InChI=1S/C29H40O9S/c1-18-23(35-16-19-12-14-20(30-2)15-13-19)25(32-4)26(33-5)28(37-18)38-24-22(31-3)17-36-29(27(24)34-6)39-21-10-8-7-9-11-21/h7-15,18,22-29H,16-17H2,1-6H3/t18-,22+,23+,24-,25+,26-,27+,28-,29-/m0/s1. The first-order valence-electron chi connectivity index (χ1n) is 13.0. The quantitative estimate of drug-likeness (QED) is 0.378. The number of thioether (sulfide) groups is 1. The summed E-state index contributed by atoms with van der Waals surface area (Å²) in [6.07, 6.45) is -3.69. The van der Waals surface area contributed by atoms with E-state index in [0.717, 1.165) is 16.2 Å². The summed E-state index contributed by atoms with van der Waals surface area (Å²) in [7, 11) is 8.20. The minimum Gasteiger partial charge on any atom is -0.497 e. The molecule has 2 aromatic carbocycles. The van der Waals surface area contributed by atoms with Gasteiger partial charge in [-0.1, -0.05) is 42.1 Å². The van der Waals surface area contributed by atoms with Crippen LogP contribution in [0, 0.1) is 0 Å². The third-order valence-corrected chi connectivity index (χ3v) is 8.30. The molecule has 0 aliphatic carbocycles. The predicted molar refractivity (Wildman–Crippen MR) is 146 cm³/mol. The van der Waals surface area contributed by atoms with E-state index in [4.69, 9.17) is 42.6 Å². The largest absolute Gasteiger partial charge is 0.497 e. The first kappa shape index (κ1) is 30.2. The Morgan fingerprint density at radius 3 is 2.08 bits per heavy atom. The topological polar surface area (TPSA) is 83.1 Å². The van der Waals surface area contributed by atoms with Gasteiger partial charge in [-0.3, -0.25) is 0 Å². The Balaban J connectivity index is 1.47. The van der Waals surface area contributed by atoms with Crippen molar-refractivity contribution in [3.63, 3.8) is 0 Å². The van der Waals surface area contributed by atoms with Crippen LogP contribution in [-0.4, -0.2) is 96.6 Å². The van der Waals surface area contributed by atoms with Gasteiger partial charge in [0, 0.05) is 33.3 Å². The zero-order valence-corrected chi connectivity index (χ0v) is 24.2. The fourth-order valence-corrected chi connectivity index (χ4v) is 6.12. The van der Waals surface area contributed by atoms with Crippen molar-refractivity contribution < 1.29 is 42.6 Å². The van der Waals surface area contributed by atoms with Gasteiger partial charge in [0.1, 0.15) is 47.8 Å². The van der Waals surface area contributed by atoms with Crippen LogP contribution < -0.4 is 4.74 Å². The SMILES string of the molecule is COc1ccc(CO[C@H]2[C@@H](OC)[C@H](OC)[C@H](O[C@@H]3[C@@H](OC)[C@H](Sc4ccccc4)OC[C@H]3OC)O[C@H]2C)cc1. The van der Waals surface area contributed by atoms with Crippen LogP contribution in [0.15, 0.2) is 59.5 Å². The lowest BCUT2D eigenvalue weighted by atomic mass is 9.98. The lowest BCUT2D eigenvalue weighted by molar-refractivity contribution is -0.339. The maximum absolute atomic E-state index is 6.61. The molecular formula is C29H40O9S. The van der Waals surface area contributed by atoms with E-state index < -0.39 is 30.7 Å². The first-order valence-corrected chi connectivity index (χ1v) is 13.9. The molecule has 4 rings (SSSR count). The Hall–Kier alpha value is -1.73. The lowest BCUT2D eigenvalue weighted by Gasteiger charge is -2.47. The Morgan fingerprint density at radius 2 is 1.46 bits per heavy atom. The average molecular weight is 565 g/mol. The number of ether oxygens (including phenoxy) is 9. The molecule has 0 bridgehead atoms. The summed E-state index contributed by atoms with van der Waals surface area (Å²) in [5.74, 6) is 0.795. The number of benzene rings is 2. The van der Waals surface area contributed by atoms with Crippen molar-refractivity contribution >= 4 is 11.8 Å². The van der Waals surface area contributed by atoms with E-state index in [1.165, 1.54) is 0 Å². The minimum atomic E-state index is -0.739. The van der Waals surface area contributed by atoms with Crippen molar-refractivity contribution in [2.45, 2.75) is 72.9 Å². The molecule has 9 nitrogen and oxygen atoms in total. The lowest BCUT2D eigenvalue weighted by Crippen LogP contribution is -2.63. The highest BCUT2D eigenvalue weighted by Crippen LogP contribution is 2.36. The molecule has 9 atom stereocenters. The van der Waals surface area contributed by atoms with Gasteiger partial charge in [0.25, 0.3) is 0 Å². The molecule has 2 aliphatic rings. The van der Waals surface area contributed by atoms with Gasteiger partial charge in [0.15, 0.2) is 6.29 Å². The number of hydrogen-bond acceptors (Lipinski definition) is 10. The fraction of sp³-hybridized carbons (Fsp3) is 0.586. The van der Waals surface area contributed by atoms with E-state index in [-0.39, 0.29) is 23.7 Å². The molecule has 0 radical (unpaired) electrons. The third kappa shape index (κ3) is 7.32. The van der Waals surface area contributed by atoms with Crippen molar-refractivity contribution in [1.29, 1.82) is 0 Å². The van der Waals surface area contributed by atoms with Crippen molar-refractivity contribution in [2.75, 3.05) is 42.2 Å². The first-order chi connectivity index (χ1) is 19.0. The number of hydrogen-bond donors (Lipinski definition) is 0. The molecule has 2 aliphatic heterocycles. The van der Waals surface area contributed by atoms with Crippen LogP contribution >= 0.6 is 11.8 Å². The molecule has 2 fully saturated rings. The highest BCUT2D eigenvalue weighted by molar-refractivity contribution is 7.99. The van der Waals surface area contributed by atoms with Gasteiger partial charge in [-0.15, -0.1) is 0 Å². The van der Waals surface area contributed by atoms with E-state index in [9.17, 15) is 0 Å². The van der Waals surface area contributed by atoms with E-state index in [2.05, 4.69) is 0 Å². The molecular weight excluding hydrogens is 524 g/mol. The summed E-state index contributed by atoms with van der Waals surface area (Å²) < 4.78 is 54.1. The van der Waals surface area contributed by atoms with Crippen molar-refractivity contribution in [3.05, 3.63) is 60.2 Å². The van der Waals surface area contributed by atoms with E-state index >= 15 is 0 Å². The zero-order valence-electron chi connectivity index (χ0n) is 23.4. The van der Waals surface area contributed by atoms with Gasteiger partial charge in [0.2, 0.25) is 0 Å².